The van der Waals surface area contributed by atoms with Crippen molar-refractivity contribution in [3.8, 4) is 22.8 Å². The van der Waals surface area contributed by atoms with Crippen molar-refractivity contribution >= 4 is 11.9 Å². The van der Waals surface area contributed by atoms with Gasteiger partial charge in [0.05, 0.1) is 29.3 Å². The van der Waals surface area contributed by atoms with Crippen LogP contribution in [0.1, 0.15) is 30.7 Å². The normalized spacial score (nSPS) is 19.1. The van der Waals surface area contributed by atoms with Gasteiger partial charge in [-0.25, -0.2) is 15.0 Å². The Morgan fingerprint density at radius 3 is 2.73 bits per heavy atom. The molecule has 2 atom stereocenters. The molecule has 33 heavy (non-hydrogen) atoms. The summed E-state index contributed by atoms with van der Waals surface area (Å²) in [6.45, 7) is 2.44. The highest BCUT2D eigenvalue weighted by Crippen LogP contribution is 2.34. The second-order valence-corrected chi connectivity index (χ2v) is 7.98. The predicted octanol–water partition coefficient (Wildman–Crippen LogP) is 2.14. The van der Waals surface area contributed by atoms with Crippen LogP contribution in [0.2, 0.25) is 0 Å². The average molecular weight is 446 g/mol. The molecule has 0 bridgehead atoms. The Labute approximate surface area is 188 Å². The van der Waals surface area contributed by atoms with Crippen LogP contribution in [0.3, 0.4) is 0 Å². The molecule has 0 aromatic carbocycles. The Morgan fingerprint density at radius 2 is 2.00 bits per heavy atom. The van der Waals surface area contributed by atoms with Crippen molar-refractivity contribution in [2.75, 3.05) is 18.9 Å². The predicted molar refractivity (Wildman–Crippen MR) is 118 cm³/mol. The molecule has 1 amide bonds. The minimum absolute atomic E-state index is 0.0324. The van der Waals surface area contributed by atoms with Crippen LogP contribution in [0.25, 0.3) is 22.8 Å². The molecule has 1 fully saturated rings. The molecule has 1 saturated heterocycles. The van der Waals surface area contributed by atoms with Gasteiger partial charge in [-0.1, -0.05) is 11.2 Å². The number of hydrogen-bond donors (Lipinski definition) is 3. The standard InChI is InChI=1S/C22H22N8O3/c1-13(14-11-24-25-12-14)26-21-23-8-6-17(28-21)15-4-3-5-16(27-15)18-10-19(33-29-18)22(32)7-9-30(2)20(22)31/h3-6,8,10-13,32H,7,9H2,1-2H3,(H,24,25)(H,23,26,28)/t13-,22-/m1/s1. The summed E-state index contributed by atoms with van der Waals surface area (Å²) in [5, 5.41) is 24.8. The first-order chi connectivity index (χ1) is 15.9. The zero-order valence-electron chi connectivity index (χ0n) is 18.1. The molecule has 5 rings (SSSR count). The van der Waals surface area contributed by atoms with Crippen LogP contribution in [0.5, 0.6) is 0 Å². The summed E-state index contributed by atoms with van der Waals surface area (Å²) in [7, 11) is 1.64. The number of hydrogen-bond acceptors (Lipinski definition) is 9. The molecule has 3 N–H and O–H groups in total. The SMILES string of the molecule is C[C@@H](Nc1nccc(-c2cccc(-c3cc([C@]4(O)CCN(C)C4=O)on3)n2)n1)c1cn[nH]c1. The molecule has 1 aliphatic heterocycles. The summed E-state index contributed by atoms with van der Waals surface area (Å²) >= 11 is 0. The van der Waals surface area contributed by atoms with E-state index in [-0.39, 0.29) is 18.2 Å². The topological polar surface area (TPSA) is 146 Å². The van der Waals surface area contributed by atoms with E-state index in [1.807, 2.05) is 25.3 Å². The molecule has 168 valence electrons. The van der Waals surface area contributed by atoms with Crippen molar-refractivity contribution in [1.82, 2.24) is 35.2 Å². The van der Waals surface area contributed by atoms with E-state index >= 15 is 0 Å². The summed E-state index contributed by atoms with van der Waals surface area (Å²) in [6, 6.07) is 8.73. The van der Waals surface area contributed by atoms with Crippen molar-refractivity contribution in [2.45, 2.75) is 25.0 Å². The Morgan fingerprint density at radius 1 is 1.21 bits per heavy atom. The Balaban J connectivity index is 1.39. The minimum atomic E-state index is -1.70. The van der Waals surface area contributed by atoms with Gasteiger partial charge in [0.25, 0.3) is 5.91 Å². The van der Waals surface area contributed by atoms with Crippen LogP contribution in [0, 0.1) is 0 Å². The monoisotopic (exact) mass is 446 g/mol. The summed E-state index contributed by atoms with van der Waals surface area (Å²) in [4.78, 5) is 27.3. The number of pyridine rings is 1. The smallest absolute Gasteiger partial charge is 0.262 e. The molecule has 0 unspecified atom stereocenters. The molecule has 5 heterocycles. The maximum absolute atomic E-state index is 12.3. The van der Waals surface area contributed by atoms with E-state index in [2.05, 4.69) is 35.6 Å². The third-order valence-electron chi connectivity index (χ3n) is 5.72. The molecule has 1 aliphatic rings. The van der Waals surface area contributed by atoms with Crippen molar-refractivity contribution in [3.63, 3.8) is 0 Å². The van der Waals surface area contributed by atoms with Crippen molar-refractivity contribution in [1.29, 1.82) is 0 Å². The molecular formula is C22H22N8O3. The molecule has 0 spiro atoms. The van der Waals surface area contributed by atoms with Crippen LogP contribution >= 0.6 is 0 Å². The van der Waals surface area contributed by atoms with Gasteiger partial charge in [0, 0.05) is 44.0 Å². The fourth-order valence-electron chi connectivity index (χ4n) is 3.74. The van der Waals surface area contributed by atoms with E-state index in [9.17, 15) is 9.90 Å². The van der Waals surface area contributed by atoms with Gasteiger partial charge in [-0.2, -0.15) is 5.10 Å². The third-order valence-corrected chi connectivity index (χ3v) is 5.72. The fraction of sp³-hybridized carbons (Fsp3) is 0.273. The van der Waals surface area contributed by atoms with E-state index in [4.69, 9.17) is 4.52 Å². The molecule has 4 aromatic rings. The molecule has 0 aliphatic carbocycles. The van der Waals surface area contributed by atoms with Crippen LogP contribution in [-0.4, -0.2) is 59.8 Å². The minimum Gasteiger partial charge on any atom is -0.373 e. The number of amides is 1. The van der Waals surface area contributed by atoms with Crippen molar-refractivity contribution < 1.29 is 14.4 Å². The van der Waals surface area contributed by atoms with Gasteiger partial charge in [0.15, 0.2) is 5.76 Å². The Hall–Kier alpha value is -4.12. The number of carbonyl (C=O) groups excluding carboxylic acids is 1. The first kappa shape index (κ1) is 20.8. The molecule has 11 nitrogen and oxygen atoms in total. The number of aromatic nitrogens is 6. The first-order valence-electron chi connectivity index (χ1n) is 10.5. The largest absolute Gasteiger partial charge is 0.373 e. The zero-order valence-corrected chi connectivity index (χ0v) is 18.1. The first-order valence-corrected chi connectivity index (χ1v) is 10.5. The zero-order chi connectivity index (χ0) is 23.0. The highest BCUT2D eigenvalue weighted by Gasteiger charge is 2.48. The number of nitrogens with one attached hydrogen (secondary N) is 2. The Bertz CT molecular complexity index is 1290. The van der Waals surface area contributed by atoms with E-state index in [0.29, 0.717) is 35.3 Å². The number of aromatic amines is 1. The van der Waals surface area contributed by atoms with E-state index in [1.54, 1.807) is 37.6 Å². The number of anilines is 1. The number of carbonyl (C=O) groups is 1. The quantitative estimate of drug-likeness (QED) is 0.405. The summed E-state index contributed by atoms with van der Waals surface area (Å²) in [6.07, 6.45) is 5.46. The molecule has 0 saturated carbocycles. The lowest BCUT2D eigenvalue weighted by Crippen LogP contribution is -2.35. The number of nitrogens with zero attached hydrogens (tertiary/aromatic N) is 6. The fourth-order valence-corrected chi connectivity index (χ4v) is 3.74. The maximum atomic E-state index is 12.3. The number of likely N-dealkylation sites (N-methyl/N-ethyl adjacent to an activating group) is 1. The van der Waals surface area contributed by atoms with Crippen LogP contribution in [0.4, 0.5) is 5.95 Å². The van der Waals surface area contributed by atoms with Crippen LogP contribution in [0.15, 0.2) is 53.4 Å². The highest BCUT2D eigenvalue weighted by atomic mass is 16.5. The van der Waals surface area contributed by atoms with E-state index in [1.165, 1.54) is 4.90 Å². The van der Waals surface area contributed by atoms with Gasteiger partial charge in [-0.15, -0.1) is 0 Å². The lowest BCUT2D eigenvalue weighted by Gasteiger charge is -2.16. The average Bonchev–Trinajstić information content (AvgIpc) is 3.59. The Kier molecular flexibility index (Phi) is 5.09. The third kappa shape index (κ3) is 3.82. The molecular weight excluding hydrogens is 424 g/mol. The number of likely N-dealkylation sites (tertiary alicyclic amines) is 1. The lowest BCUT2D eigenvalue weighted by atomic mass is 9.98. The lowest BCUT2D eigenvalue weighted by molar-refractivity contribution is -0.144. The van der Waals surface area contributed by atoms with Gasteiger partial charge >= 0.3 is 0 Å². The second-order valence-electron chi connectivity index (χ2n) is 7.98. The molecule has 0 radical (unpaired) electrons. The summed E-state index contributed by atoms with van der Waals surface area (Å²) in [5.41, 5.74) is 1.49. The summed E-state index contributed by atoms with van der Waals surface area (Å²) < 4.78 is 5.34. The van der Waals surface area contributed by atoms with Gasteiger partial charge in [-0.05, 0) is 25.1 Å². The van der Waals surface area contributed by atoms with Gasteiger partial charge < -0.3 is 19.8 Å². The van der Waals surface area contributed by atoms with E-state index < -0.39 is 11.5 Å². The maximum Gasteiger partial charge on any atom is 0.262 e. The molecule has 11 heteroatoms. The van der Waals surface area contributed by atoms with Gasteiger partial charge in [0.2, 0.25) is 11.5 Å². The number of rotatable bonds is 6. The van der Waals surface area contributed by atoms with Crippen LogP contribution < -0.4 is 5.32 Å². The van der Waals surface area contributed by atoms with E-state index in [0.717, 1.165) is 5.56 Å². The number of H-pyrrole nitrogens is 1. The highest BCUT2D eigenvalue weighted by molar-refractivity contribution is 5.87. The van der Waals surface area contributed by atoms with Gasteiger partial charge in [0.1, 0.15) is 5.69 Å². The number of aliphatic hydroxyl groups is 1. The van der Waals surface area contributed by atoms with Crippen LogP contribution in [-0.2, 0) is 10.4 Å². The van der Waals surface area contributed by atoms with Crippen molar-refractivity contribution in [2.24, 2.45) is 0 Å². The van der Waals surface area contributed by atoms with Gasteiger partial charge in [-0.3, -0.25) is 9.89 Å². The van der Waals surface area contributed by atoms with Crippen molar-refractivity contribution in [3.05, 3.63) is 60.2 Å². The molecule has 4 aromatic heterocycles. The second kappa shape index (κ2) is 8.10. The summed E-state index contributed by atoms with van der Waals surface area (Å²) in [5.74, 6) is 0.168.